The molecule has 1 aliphatic heterocycles. The first-order chi connectivity index (χ1) is 12.3. The van der Waals surface area contributed by atoms with Crippen LogP contribution in [0.25, 0.3) is 10.2 Å². The summed E-state index contributed by atoms with van der Waals surface area (Å²) in [5.74, 6) is 1.67. The molecule has 6 nitrogen and oxygen atoms in total. The van der Waals surface area contributed by atoms with Crippen LogP contribution in [0.4, 0.5) is 0 Å². The minimum atomic E-state index is -0.383. The van der Waals surface area contributed by atoms with Crippen molar-refractivity contribution >= 4 is 27.5 Å². The second-order valence-corrected chi connectivity index (χ2v) is 8.64. The highest BCUT2D eigenvalue weighted by molar-refractivity contribution is 7.20. The molecule has 3 atom stereocenters. The summed E-state index contributed by atoms with van der Waals surface area (Å²) in [7, 11) is 0. The highest BCUT2D eigenvalue weighted by Gasteiger charge is 2.31. The number of aryl methyl sites for hydroxylation is 1. The van der Waals surface area contributed by atoms with Crippen molar-refractivity contribution in [2.24, 2.45) is 11.8 Å². The van der Waals surface area contributed by atoms with Crippen LogP contribution in [-0.2, 0) is 4.74 Å². The quantitative estimate of drug-likeness (QED) is 0.799. The summed E-state index contributed by atoms with van der Waals surface area (Å²) >= 11 is 1.25. The number of rotatable bonds is 4. The van der Waals surface area contributed by atoms with Crippen LogP contribution in [0, 0.1) is 18.8 Å². The number of H-pyrrole nitrogens is 1. The Labute approximate surface area is 157 Å². The number of carbonyl (C=O) groups excluding carboxylic acids is 1. The number of likely N-dealkylation sites (tertiary alicyclic amines) is 1. The smallest absolute Gasteiger partial charge is 0.348 e. The van der Waals surface area contributed by atoms with Gasteiger partial charge in [-0.3, -0.25) is 4.79 Å². The van der Waals surface area contributed by atoms with Gasteiger partial charge in [-0.05, 0) is 32.8 Å². The number of aromatic amines is 1. The van der Waals surface area contributed by atoms with E-state index in [1.54, 1.807) is 13.8 Å². The number of ether oxygens (including phenoxy) is 1. The van der Waals surface area contributed by atoms with E-state index < -0.39 is 0 Å². The molecule has 0 radical (unpaired) electrons. The topological polar surface area (TPSA) is 76.5 Å². The van der Waals surface area contributed by atoms with Gasteiger partial charge in [0.05, 0.1) is 25.1 Å². The number of esters is 1. The van der Waals surface area contributed by atoms with Crippen LogP contribution in [0.5, 0.6) is 0 Å². The monoisotopic (exact) mass is 378 g/mol. The number of thiophene rings is 1. The van der Waals surface area contributed by atoms with Crippen molar-refractivity contribution in [2.45, 2.75) is 47.1 Å². The Morgan fingerprint density at radius 1 is 1.38 bits per heavy atom. The third-order valence-electron chi connectivity index (χ3n) is 5.33. The molecule has 0 aromatic carbocycles. The first-order valence-electron chi connectivity index (χ1n) is 9.36. The summed E-state index contributed by atoms with van der Waals surface area (Å²) in [6.07, 6.45) is 1.26. The fourth-order valence-corrected chi connectivity index (χ4v) is 5.22. The van der Waals surface area contributed by atoms with Crippen molar-refractivity contribution in [3.63, 3.8) is 0 Å². The Kier molecular flexibility index (Phi) is 5.48. The molecule has 26 heavy (non-hydrogen) atoms. The lowest BCUT2D eigenvalue weighted by molar-refractivity contribution is -0.941. The molecule has 0 unspecified atom stereocenters. The summed E-state index contributed by atoms with van der Waals surface area (Å²) in [6.45, 7) is 12.7. The predicted molar refractivity (Wildman–Crippen MR) is 103 cm³/mol. The molecular weight excluding hydrogens is 350 g/mol. The second kappa shape index (κ2) is 7.48. The normalized spacial score (nSPS) is 24.6. The van der Waals surface area contributed by atoms with E-state index in [-0.39, 0.29) is 17.6 Å². The van der Waals surface area contributed by atoms with Gasteiger partial charge in [0.2, 0.25) is 0 Å². The van der Waals surface area contributed by atoms with Crippen molar-refractivity contribution in [3.05, 3.63) is 26.6 Å². The maximum absolute atomic E-state index is 12.7. The number of nitrogens with one attached hydrogen (secondary N) is 2. The van der Waals surface area contributed by atoms with Crippen LogP contribution in [-0.4, -0.2) is 35.6 Å². The van der Waals surface area contributed by atoms with E-state index >= 15 is 0 Å². The Morgan fingerprint density at radius 2 is 2.04 bits per heavy atom. The SMILES string of the molecule is CCOC(=O)c1sc2nc([C@@H](C)[NH+]3C[C@@H](C)C[C@H](C)C3)[nH]c(=O)c2c1C. The molecule has 0 bridgehead atoms. The van der Waals surface area contributed by atoms with Crippen molar-refractivity contribution < 1.29 is 14.4 Å². The molecule has 3 heterocycles. The Bertz CT molecular complexity index is 863. The molecular formula is C19H28N3O3S+. The van der Waals surface area contributed by atoms with Crippen molar-refractivity contribution in [1.29, 1.82) is 0 Å². The third-order valence-corrected chi connectivity index (χ3v) is 6.49. The molecule has 0 spiro atoms. The minimum absolute atomic E-state index is 0.116. The van der Waals surface area contributed by atoms with Crippen LogP contribution in [0.3, 0.4) is 0 Å². The zero-order chi connectivity index (χ0) is 19.0. The fourth-order valence-electron chi connectivity index (χ4n) is 4.14. The molecule has 1 aliphatic rings. The number of fused-ring (bicyclic) bond motifs is 1. The summed E-state index contributed by atoms with van der Waals surface area (Å²) in [6, 6.07) is 0.116. The number of hydrogen-bond donors (Lipinski definition) is 2. The molecule has 2 aromatic rings. The largest absolute Gasteiger partial charge is 0.462 e. The highest BCUT2D eigenvalue weighted by atomic mass is 32.1. The van der Waals surface area contributed by atoms with Gasteiger partial charge in [-0.1, -0.05) is 13.8 Å². The van der Waals surface area contributed by atoms with Crippen LogP contribution in [0.1, 0.15) is 61.2 Å². The summed E-state index contributed by atoms with van der Waals surface area (Å²) < 4.78 is 5.10. The van der Waals surface area contributed by atoms with Crippen LogP contribution < -0.4 is 10.5 Å². The Balaban J connectivity index is 1.98. The fraction of sp³-hybridized carbons (Fsp3) is 0.632. The summed E-state index contributed by atoms with van der Waals surface area (Å²) in [4.78, 5) is 35.0. The number of piperidine rings is 1. The third kappa shape index (κ3) is 3.55. The molecule has 1 fully saturated rings. The van der Waals surface area contributed by atoms with E-state index in [1.165, 1.54) is 22.7 Å². The molecule has 2 aromatic heterocycles. The zero-order valence-corrected chi connectivity index (χ0v) is 17.0. The number of carbonyl (C=O) groups is 1. The standard InChI is InChI=1S/C19H27N3O3S/c1-6-25-19(24)15-12(4)14-17(23)20-16(21-18(14)26-15)13(5)22-8-10(2)7-11(3)9-22/h10-11,13H,6-9H2,1-5H3,(H,20,21,23)/p+1/t10-,11-,13+/m0/s1. The van der Waals surface area contributed by atoms with Gasteiger partial charge in [0, 0.05) is 11.8 Å². The maximum Gasteiger partial charge on any atom is 0.348 e. The van der Waals surface area contributed by atoms with Gasteiger partial charge >= 0.3 is 5.97 Å². The average molecular weight is 379 g/mol. The highest BCUT2D eigenvalue weighted by Crippen LogP contribution is 2.28. The van der Waals surface area contributed by atoms with E-state index in [0.717, 1.165) is 13.1 Å². The number of quaternary nitrogens is 1. The molecule has 142 valence electrons. The van der Waals surface area contributed by atoms with Gasteiger partial charge in [0.15, 0.2) is 5.82 Å². The predicted octanol–water partition coefficient (Wildman–Crippen LogP) is 2.09. The van der Waals surface area contributed by atoms with Crippen LogP contribution in [0.15, 0.2) is 4.79 Å². The van der Waals surface area contributed by atoms with Gasteiger partial charge < -0.3 is 14.6 Å². The zero-order valence-electron chi connectivity index (χ0n) is 16.1. The first kappa shape index (κ1) is 19.0. The van der Waals surface area contributed by atoms with Crippen molar-refractivity contribution in [1.82, 2.24) is 9.97 Å². The minimum Gasteiger partial charge on any atom is -0.462 e. The van der Waals surface area contributed by atoms with E-state index in [1.807, 2.05) is 0 Å². The molecule has 0 amide bonds. The Morgan fingerprint density at radius 3 is 2.65 bits per heavy atom. The molecule has 3 rings (SSSR count). The van der Waals surface area contributed by atoms with Gasteiger partial charge in [-0.25, -0.2) is 9.78 Å². The van der Waals surface area contributed by atoms with E-state index in [0.29, 0.717) is 44.9 Å². The number of aromatic nitrogens is 2. The van der Waals surface area contributed by atoms with E-state index in [2.05, 4.69) is 25.8 Å². The molecule has 0 aliphatic carbocycles. The summed E-state index contributed by atoms with van der Waals surface area (Å²) in [5.41, 5.74) is 0.489. The number of hydrogen-bond acceptors (Lipinski definition) is 5. The van der Waals surface area contributed by atoms with Gasteiger partial charge in [-0.2, -0.15) is 0 Å². The molecule has 1 saturated heterocycles. The van der Waals surface area contributed by atoms with Gasteiger partial charge in [-0.15, -0.1) is 11.3 Å². The van der Waals surface area contributed by atoms with E-state index in [9.17, 15) is 9.59 Å². The average Bonchev–Trinajstić information content (AvgIpc) is 2.90. The van der Waals surface area contributed by atoms with Crippen LogP contribution >= 0.6 is 11.3 Å². The first-order valence-corrected chi connectivity index (χ1v) is 10.2. The molecule has 7 heteroatoms. The molecule has 2 N–H and O–H groups in total. The molecule has 0 saturated carbocycles. The lowest BCUT2D eigenvalue weighted by Gasteiger charge is -2.35. The van der Waals surface area contributed by atoms with Crippen LogP contribution in [0.2, 0.25) is 0 Å². The van der Waals surface area contributed by atoms with Gasteiger partial charge in [0.1, 0.15) is 15.7 Å². The second-order valence-electron chi connectivity index (χ2n) is 7.64. The Hall–Kier alpha value is -1.73. The van der Waals surface area contributed by atoms with Crippen molar-refractivity contribution in [3.8, 4) is 0 Å². The number of nitrogens with zero attached hydrogens (tertiary/aromatic N) is 1. The van der Waals surface area contributed by atoms with E-state index in [4.69, 9.17) is 9.72 Å². The maximum atomic E-state index is 12.7. The summed E-state index contributed by atoms with van der Waals surface area (Å²) in [5, 5.41) is 0.504. The van der Waals surface area contributed by atoms with Gasteiger partial charge in [0.25, 0.3) is 5.56 Å². The van der Waals surface area contributed by atoms with Crippen molar-refractivity contribution in [2.75, 3.05) is 19.7 Å². The lowest BCUT2D eigenvalue weighted by Crippen LogP contribution is -3.14. The lowest BCUT2D eigenvalue weighted by atomic mass is 9.91.